The van der Waals surface area contributed by atoms with Crippen LogP contribution >= 0.6 is 0 Å². The highest BCUT2D eigenvalue weighted by Gasteiger charge is 2.72. The summed E-state index contributed by atoms with van der Waals surface area (Å²) in [6, 6.07) is 15.4. The third kappa shape index (κ3) is 5.75. The fourth-order valence-corrected chi connectivity index (χ4v) is 7.56. The van der Waals surface area contributed by atoms with Crippen molar-refractivity contribution in [1.29, 1.82) is 0 Å². The van der Waals surface area contributed by atoms with Crippen molar-refractivity contribution in [1.82, 2.24) is 15.1 Å². The van der Waals surface area contributed by atoms with Crippen LogP contribution in [0, 0.1) is 25.7 Å². The van der Waals surface area contributed by atoms with Crippen LogP contribution in [-0.2, 0) is 25.7 Å². The molecule has 2 saturated heterocycles. The number of nitrogens with zero attached hydrogens (tertiary/aromatic N) is 2. The quantitative estimate of drug-likeness (QED) is 0.405. The second-order valence-electron chi connectivity index (χ2n) is 12.9. The second-order valence-corrected chi connectivity index (χ2v) is 12.9. The zero-order valence-corrected chi connectivity index (χ0v) is 25.6. The van der Waals surface area contributed by atoms with Crippen LogP contribution in [0.25, 0.3) is 0 Å². The summed E-state index contributed by atoms with van der Waals surface area (Å²) in [5.41, 5.74) is 3.02. The van der Waals surface area contributed by atoms with E-state index in [2.05, 4.69) is 34.7 Å². The highest BCUT2D eigenvalue weighted by Crippen LogP contribution is 2.55. The van der Waals surface area contributed by atoms with Gasteiger partial charge in [0.2, 0.25) is 17.7 Å². The molecule has 3 aliphatic heterocycles. The maximum absolute atomic E-state index is 14.2. The molecular weight excluding hydrogens is 540 g/mol. The van der Waals surface area contributed by atoms with Gasteiger partial charge in [0.05, 0.1) is 17.9 Å². The molecule has 0 aromatic heterocycles. The highest BCUT2D eigenvalue weighted by molar-refractivity contribution is 6.02. The SMILES string of the molecule is Cc1ccc(NC(=O)C2[C@H]3C=CC4(O3)C(C(=O)NC3CCCCC3)N(CCCN(C)Cc3ccccc3)C(=O)[C@@H]24)cc1C. The van der Waals surface area contributed by atoms with Crippen LogP contribution in [0.15, 0.2) is 60.7 Å². The number of amides is 3. The largest absolute Gasteiger partial charge is 0.359 e. The van der Waals surface area contributed by atoms with E-state index in [4.69, 9.17) is 4.74 Å². The van der Waals surface area contributed by atoms with Crippen molar-refractivity contribution in [3.05, 3.63) is 77.4 Å². The summed E-state index contributed by atoms with van der Waals surface area (Å²) >= 11 is 0. The van der Waals surface area contributed by atoms with Gasteiger partial charge in [-0.05, 0) is 75.5 Å². The number of hydrogen-bond donors (Lipinski definition) is 2. The summed E-state index contributed by atoms with van der Waals surface area (Å²) in [4.78, 5) is 46.0. The molecule has 3 fully saturated rings. The van der Waals surface area contributed by atoms with E-state index < -0.39 is 29.6 Å². The summed E-state index contributed by atoms with van der Waals surface area (Å²) in [7, 11) is 2.07. The predicted molar refractivity (Wildman–Crippen MR) is 166 cm³/mol. The number of anilines is 1. The summed E-state index contributed by atoms with van der Waals surface area (Å²) in [6.45, 7) is 6.04. The van der Waals surface area contributed by atoms with Gasteiger partial charge in [-0.1, -0.05) is 67.8 Å². The van der Waals surface area contributed by atoms with Gasteiger partial charge in [-0.3, -0.25) is 14.4 Å². The molecule has 1 saturated carbocycles. The van der Waals surface area contributed by atoms with Crippen molar-refractivity contribution >= 4 is 23.4 Å². The smallest absolute Gasteiger partial charge is 0.246 e. The molecule has 1 aliphatic carbocycles. The van der Waals surface area contributed by atoms with Crippen molar-refractivity contribution in [3.63, 3.8) is 0 Å². The Balaban J connectivity index is 1.21. The molecule has 5 atom stereocenters. The third-order valence-electron chi connectivity index (χ3n) is 9.89. The Morgan fingerprint density at radius 3 is 2.53 bits per heavy atom. The molecule has 2 bridgehead atoms. The molecule has 3 amide bonds. The zero-order chi connectivity index (χ0) is 30.1. The van der Waals surface area contributed by atoms with Crippen molar-refractivity contribution in [2.45, 2.75) is 82.7 Å². The van der Waals surface area contributed by atoms with Crippen LogP contribution in [0.1, 0.15) is 55.2 Å². The van der Waals surface area contributed by atoms with Crippen molar-refractivity contribution in [2.75, 3.05) is 25.5 Å². The van der Waals surface area contributed by atoms with Crippen molar-refractivity contribution in [3.8, 4) is 0 Å². The van der Waals surface area contributed by atoms with Gasteiger partial charge in [0.25, 0.3) is 0 Å². The third-order valence-corrected chi connectivity index (χ3v) is 9.89. The van der Waals surface area contributed by atoms with Crippen LogP contribution in [-0.4, -0.2) is 71.4 Å². The van der Waals surface area contributed by atoms with E-state index >= 15 is 0 Å². The van der Waals surface area contributed by atoms with E-state index in [1.165, 1.54) is 12.0 Å². The molecule has 0 radical (unpaired) electrons. The normalized spacial score (nSPS) is 28.0. The zero-order valence-electron chi connectivity index (χ0n) is 25.6. The molecule has 228 valence electrons. The number of nitrogens with one attached hydrogen (secondary N) is 2. The van der Waals surface area contributed by atoms with Crippen LogP contribution in [0.2, 0.25) is 0 Å². The van der Waals surface area contributed by atoms with Gasteiger partial charge in [0.15, 0.2) is 0 Å². The Hall–Kier alpha value is -3.49. The molecule has 3 heterocycles. The molecule has 2 aromatic carbocycles. The maximum atomic E-state index is 14.2. The molecule has 3 unspecified atom stereocenters. The van der Waals surface area contributed by atoms with Crippen LogP contribution in [0.4, 0.5) is 5.69 Å². The van der Waals surface area contributed by atoms with Crippen LogP contribution < -0.4 is 10.6 Å². The Morgan fingerprint density at radius 2 is 1.79 bits per heavy atom. The number of aryl methyl sites for hydroxylation is 2. The minimum absolute atomic E-state index is 0.108. The van der Waals surface area contributed by atoms with Gasteiger partial charge in [0, 0.05) is 24.8 Å². The molecule has 6 rings (SSSR count). The first-order valence-corrected chi connectivity index (χ1v) is 15.9. The first-order valence-electron chi connectivity index (χ1n) is 15.9. The van der Waals surface area contributed by atoms with Gasteiger partial charge in [-0.15, -0.1) is 0 Å². The molecule has 1 spiro atoms. The van der Waals surface area contributed by atoms with E-state index in [9.17, 15) is 14.4 Å². The average Bonchev–Trinajstić information content (AvgIpc) is 3.63. The van der Waals surface area contributed by atoms with E-state index in [-0.39, 0.29) is 23.8 Å². The number of hydrogen-bond acceptors (Lipinski definition) is 5. The lowest BCUT2D eigenvalue weighted by Gasteiger charge is -2.34. The first-order chi connectivity index (χ1) is 20.8. The minimum Gasteiger partial charge on any atom is -0.359 e. The van der Waals surface area contributed by atoms with E-state index in [1.54, 1.807) is 4.90 Å². The van der Waals surface area contributed by atoms with Gasteiger partial charge in [-0.25, -0.2) is 0 Å². The number of likely N-dealkylation sites (tertiary alicyclic amines) is 1. The first kappa shape index (κ1) is 29.6. The molecule has 4 aliphatic rings. The van der Waals surface area contributed by atoms with E-state index in [0.29, 0.717) is 18.7 Å². The molecular formula is C35H44N4O4. The summed E-state index contributed by atoms with van der Waals surface area (Å²) < 4.78 is 6.52. The van der Waals surface area contributed by atoms with Gasteiger partial charge >= 0.3 is 0 Å². The van der Waals surface area contributed by atoms with Crippen LogP contribution in [0.3, 0.4) is 0 Å². The highest BCUT2D eigenvalue weighted by atomic mass is 16.5. The predicted octanol–water partition coefficient (Wildman–Crippen LogP) is 4.36. The summed E-state index contributed by atoms with van der Waals surface area (Å²) in [6.07, 6.45) is 9.23. The number of fused-ring (bicyclic) bond motifs is 1. The second kappa shape index (κ2) is 12.2. The molecule has 2 N–H and O–H groups in total. The Labute approximate surface area is 254 Å². The van der Waals surface area contributed by atoms with Crippen molar-refractivity contribution in [2.24, 2.45) is 11.8 Å². The number of benzene rings is 2. The fraction of sp³-hybridized carbons (Fsp3) is 0.514. The Morgan fingerprint density at radius 1 is 1.02 bits per heavy atom. The molecule has 43 heavy (non-hydrogen) atoms. The average molecular weight is 585 g/mol. The lowest BCUT2D eigenvalue weighted by atomic mass is 9.74. The van der Waals surface area contributed by atoms with Crippen LogP contribution in [0.5, 0.6) is 0 Å². The maximum Gasteiger partial charge on any atom is 0.246 e. The molecule has 8 nitrogen and oxygen atoms in total. The van der Waals surface area contributed by atoms with E-state index in [0.717, 1.165) is 49.9 Å². The number of carbonyl (C=O) groups excluding carboxylic acids is 3. The number of ether oxygens (including phenoxy) is 1. The van der Waals surface area contributed by atoms with Crippen molar-refractivity contribution < 1.29 is 19.1 Å². The Bertz CT molecular complexity index is 1390. The minimum atomic E-state index is -1.14. The van der Waals surface area contributed by atoms with Gasteiger partial charge in [-0.2, -0.15) is 0 Å². The lowest BCUT2D eigenvalue weighted by Crippen LogP contribution is -2.56. The topological polar surface area (TPSA) is 91.0 Å². The summed E-state index contributed by atoms with van der Waals surface area (Å²) in [5.74, 6) is -2.01. The van der Waals surface area contributed by atoms with Gasteiger partial charge in [0.1, 0.15) is 11.6 Å². The number of carbonyl (C=O) groups is 3. The molecule has 8 heteroatoms. The monoisotopic (exact) mass is 584 g/mol. The summed E-state index contributed by atoms with van der Waals surface area (Å²) in [5, 5.41) is 6.31. The standard InChI is InChI=1S/C35H44N4O4/c1-23-15-16-27(21-24(23)2)37-32(40)29-28-17-18-35(43-28)30(29)34(42)39(31(35)33(41)36-26-13-8-5-9-14-26)20-10-19-38(3)22-25-11-6-4-7-12-25/h4,6-7,11-12,15-18,21,26,28-31H,5,8-10,13-14,19-20,22H2,1-3H3,(H,36,41)(H,37,40)/t28-,29?,30-,31?,35?/m1/s1. The lowest BCUT2D eigenvalue weighted by molar-refractivity contribution is -0.141. The Kier molecular flexibility index (Phi) is 8.42. The molecule has 2 aromatic rings. The van der Waals surface area contributed by atoms with Gasteiger partial charge < -0.3 is 25.2 Å². The fourth-order valence-electron chi connectivity index (χ4n) is 7.56. The number of rotatable bonds is 10. The van der Waals surface area contributed by atoms with E-state index in [1.807, 2.05) is 62.4 Å².